The van der Waals surface area contributed by atoms with Gasteiger partial charge in [-0.15, -0.1) is 0 Å². The minimum Gasteiger partial charge on any atom is -0.494 e. The number of halogens is 1. The maximum Gasteiger partial charge on any atom is 0.269 e. The second-order valence-electron chi connectivity index (χ2n) is 6.26. The lowest BCUT2D eigenvalue weighted by molar-refractivity contribution is -0.384. The van der Waals surface area contributed by atoms with Crippen LogP contribution in [0.5, 0.6) is 5.75 Å². The Morgan fingerprint density at radius 3 is 2.92 bits per heavy atom. The Labute approximate surface area is 155 Å². The normalized spacial score (nSPS) is 16.5. The number of aromatic amines is 1. The fourth-order valence-electron chi connectivity index (χ4n) is 3.59. The molecule has 2 aromatic carbocycles. The van der Waals surface area contributed by atoms with Gasteiger partial charge in [-0.1, -0.05) is 11.6 Å². The number of hydrogen-bond donors (Lipinski definition) is 2. The number of H-pyrrole nitrogens is 1. The molecule has 0 amide bonds. The maximum atomic E-state index is 11.2. The molecular weight excluding hydrogens is 354 g/mol. The monoisotopic (exact) mass is 371 g/mol. The van der Waals surface area contributed by atoms with Gasteiger partial charge < -0.3 is 15.0 Å². The Hall–Kier alpha value is -2.57. The number of nitrogens with one attached hydrogen (secondary N) is 2. The zero-order valence-electron chi connectivity index (χ0n) is 14.2. The molecule has 2 heterocycles. The summed E-state index contributed by atoms with van der Waals surface area (Å²) in [6.45, 7) is 3.34. The van der Waals surface area contributed by atoms with Crippen LogP contribution in [0.15, 0.2) is 36.4 Å². The number of ether oxygens (including phenoxy) is 1. The Morgan fingerprint density at radius 1 is 1.31 bits per heavy atom. The van der Waals surface area contributed by atoms with Crippen molar-refractivity contribution < 1.29 is 9.66 Å². The van der Waals surface area contributed by atoms with E-state index in [0.717, 1.165) is 35.3 Å². The summed E-state index contributed by atoms with van der Waals surface area (Å²) >= 11 is 6.37. The third kappa shape index (κ3) is 2.81. The van der Waals surface area contributed by atoms with Crippen molar-refractivity contribution in [1.29, 1.82) is 0 Å². The Kier molecular flexibility index (Phi) is 4.30. The van der Waals surface area contributed by atoms with E-state index in [4.69, 9.17) is 16.3 Å². The van der Waals surface area contributed by atoms with Gasteiger partial charge in [-0.2, -0.15) is 0 Å². The highest BCUT2D eigenvalue weighted by Crippen LogP contribution is 2.38. The lowest BCUT2D eigenvalue weighted by Gasteiger charge is -2.25. The Bertz CT molecular complexity index is 999. The molecule has 7 heteroatoms. The highest BCUT2D eigenvalue weighted by molar-refractivity contribution is 6.31. The highest BCUT2D eigenvalue weighted by atomic mass is 35.5. The molecule has 1 aromatic heterocycles. The number of fused-ring (bicyclic) bond motifs is 3. The molecule has 0 bridgehead atoms. The molecular formula is C19H18ClN3O3. The summed E-state index contributed by atoms with van der Waals surface area (Å²) in [5.74, 6) is 0.838. The summed E-state index contributed by atoms with van der Waals surface area (Å²) in [4.78, 5) is 14.2. The van der Waals surface area contributed by atoms with E-state index in [0.29, 0.717) is 17.2 Å². The van der Waals surface area contributed by atoms with Crippen molar-refractivity contribution in [3.05, 3.63) is 68.4 Å². The molecule has 2 N–H and O–H groups in total. The fourth-order valence-corrected chi connectivity index (χ4v) is 3.82. The molecule has 0 saturated carbocycles. The molecule has 0 aliphatic carbocycles. The standard InChI is InChI=1S/C19H18ClN3O3/c1-2-26-12-4-6-17-14(10-12)13-7-8-21-18(19(13)22-17)15-9-11(23(24)25)3-5-16(15)20/h3-6,9-10,18,21-22H,2,7-8H2,1H3. The topological polar surface area (TPSA) is 80.2 Å². The fraction of sp³-hybridized carbons (Fsp3) is 0.263. The summed E-state index contributed by atoms with van der Waals surface area (Å²) in [6.07, 6.45) is 0.869. The Morgan fingerprint density at radius 2 is 2.15 bits per heavy atom. The van der Waals surface area contributed by atoms with Crippen LogP contribution in [-0.4, -0.2) is 23.1 Å². The number of aromatic nitrogens is 1. The second-order valence-corrected chi connectivity index (χ2v) is 6.66. The molecule has 134 valence electrons. The van der Waals surface area contributed by atoms with Gasteiger partial charge in [0.25, 0.3) is 5.69 Å². The molecule has 0 spiro atoms. The Balaban J connectivity index is 1.84. The minimum absolute atomic E-state index is 0.0352. The lowest BCUT2D eigenvalue weighted by Crippen LogP contribution is -2.30. The van der Waals surface area contributed by atoms with Crippen molar-refractivity contribution in [3.8, 4) is 5.75 Å². The lowest BCUT2D eigenvalue weighted by atomic mass is 9.94. The molecule has 0 radical (unpaired) electrons. The van der Waals surface area contributed by atoms with Crippen LogP contribution >= 0.6 is 11.6 Å². The average molecular weight is 372 g/mol. The molecule has 1 aliphatic rings. The van der Waals surface area contributed by atoms with Gasteiger partial charge in [0.1, 0.15) is 5.75 Å². The van der Waals surface area contributed by atoms with Crippen molar-refractivity contribution in [2.75, 3.05) is 13.2 Å². The van der Waals surface area contributed by atoms with E-state index in [1.807, 2.05) is 25.1 Å². The highest BCUT2D eigenvalue weighted by Gasteiger charge is 2.28. The van der Waals surface area contributed by atoms with Gasteiger partial charge >= 0.3 is 0 Å². The molecule has 26 heavy (non-hydrogen) atoms. The number of nitrogens with zero attached hydrogens (tertiary/aromatic N) is 1. The zero-order valence-corrected chi connectivity index (χ0v) is 15.0. The molecule has 4 rings (SSSR count). The van der Waals surface area contributed by atoms with Crippen LogP contribution in [0.3, 0.4) is 0 Å². The molecule has 1 atom stereocenters. The molecule has 3 aromatic rings. The summed E-state index contributed by atoms with van der Waals surface area (Å²) in [6, 6.07) is 10.3. The van der Waals surface area contributed by atoms with Gasteiger partial charge in [-0.05, 0) is 43.2 Å². The van der Waals surface area contributed by atoms with Crippen LogP contribution in [0, 0.1) is 10.1 Å². The predicted octanol–water partition coefficient (Wildman–Crippen LogP) is 4.36. The van der Waals surface area contributed by atoms with Crippen molar-refractivity contribution >= 4 is 28.2 Å². The van der Waals surface area contributed by atoms with Crippen molar-refractivity contribution in [1.82, 2.24) is 10.3 Å². The van der Waals surface area contributed by atoms with Crippen LogP contribution in [0.4, 0.5) is 5.69 Å². The van der Waals surface area contributed by atoms with Gasteiger partial charge in [-0.3, -0.25) is 10.1 Å². The summed E-state index contributed by atoms with van der Waals surface area (Å²) in [7, 11) is 0. The number of hydrogen-bond acceptors (Lipinski definition) is 4. The van der Waals surface area contributed by atoms with E-state index < -0.39 is 4.92 Å². The van der Waals surface area contributed by atoms with E-state index >= 15 is 0 Å². The summed E-state index contributed by atoms with van der Waals surface area (Å²) in [5, 5.41) is 16.2. The molecule has 1 aliphatic heterocycles. The van der Waals surface area contributed by atoms with Gasteiger partial charge in [-0.25, -0.2) is 0 Å². The third-order valence-electron chi connectivity index (χ3n) is 4.74. The number of non-ortho nitro benzene ring substituents is 1. The predicted molar refractivity (Wildman–Crippen MR) is 101 cm³/mol. The first-order valence-corrected chi connectivity index (χ1v) is 8.90. The van der Waals surface area contributed by atoms with Gasteiger partial charge in [0.15, 0.2) is 0 Å². The van der Waals surface area contributed by atoms with Gasteiger partial charge in [0, 0.05) is 45.9 Å². The molecule has 0 saturated heterocycles. The quantitative estimate of drug-likeness (QED) is 0.527. The summed E-state index contributed by atoms with van der Waals surface area (Å²) < 4.78 is 5.62. The third-order valence-corrected chi connectivity index (χ3v) is 5.08. The molecule has 6 nitrogen and oxygen atoms in total. The van der Waals surface area contributed by atoms with Crippen LogP contribution in [0.2, 0.25) is 5.02 Å². The minimum atomic E-state index is -0.400. The van der Waals surface area contributed by atoms with E-state index in [2.05, 4.69) is 10.3 Å². The largest absolute Gasteiger partial charge is 0.494 e. The number of benzene rings is 2. The van der Waals surface area contributed by atoms with E-state index in [1.165, 1.54) is 11.6 Å². The second kappa shape index (κ2) is 6.63. The molecule has 0 fully saturated rings. The number of nitro benzene ring substituents is 1. The van der Waals surface area contributed by atoms with Crippen molar-refractivity contribution in [2.45, 2.75) is 19.4 Å². The SMILES string of the molecule is CCOc1ccc2[nH]c3c(c2c1)CCNC3c1cc([N+](=O)[O-])ccc1Cl. The zero-order chi connectivity index (χ0) is 18.3. The van der Waals surface area contributed by atoms with E-state index in [1.54, 1.807) is 12.1 Å². The first-order valence-electron chi connectivity index (χ1n) is 8.53. The first-order chi connectivity index (χ1) is 12.6. The van der Waals surface area contributed by atoms with E-state index in [9.17, 15) is 10.1 Å². The van der Waals surface area contributed by atoms with Crippen molar-refractivity contribution in [3.63, 3.8) is 0 Å². The van der Waals surface area contributed by atoms with Crippen LogP contribution in [-0.2, 0) is 6.42 Å². The average Bonchev–Trinajstić information content (AvgIpc) is 3.00. The van der Waals surface area contributed by atoms with Crippen LogP contribution < -0.4 is 10.1 Å². The van der Waals surface area contributed by atoms with E-state index in [-0.39, 0.29) is 11.7 Å². The molecule has 1 unspecified atom stereocenters. The van der Waals surface area contributed by atoms with Crippen LogP contribution in [0.1, 0.15) is 29.8 Å². The maximum absolute atomic E-state index is 11.2. The summed E-state index contributed by atoms with van der Waals surface area (Å²) in [5.41, 5.74) is 3.97. The number of rotatable bonds is 4. The van der Waals surface area contributed by atoms with Crippen molar-refractivity contribution in [2.24, 2.45) is 0 Å². The van der Waals surface area contributed by atoms with Gasteiger partial charge in [0.05, 0.1) is 17.6 Å². The number of nitro groups is 1. The van der Waals surface area contributed by atoms with Gasteiger partial charge in [0.2, 0.25) is 0 Å². The van der Waals surface area contributed by atoms with Crippen LogP contribution in [0.25, 0.3) is 10.9 Å². The first kappa shape index (κ1) is 16.9. The smallest absolute Gasteiger partial charge is 0.269 e.